The van der Waals surface area contributed by atoms with E-state index < -0.39 is 0 Å². The summed E-state index contributed by atoms with van der Waals surface area (Å²) in [6.45, 7) is 8.42. The van der Waals surface area contributed by atoms with Gasteiger partial charge >= 0.3 is 0 Å². The highest BCUT2D eigenvalue weighted by Crippen LogP contribution is 2.31. The lowest BCUT2D eigenvalue weighted by Crippen LogP contribution is -2.47. The van der Waals surface area contributed by atoms with Crippen molar-refractivity contribution < 1.29 is 0 Å². The van der Waals surface area contributed by atoms with Gasteiger partial charge in [-0.2, -0.15) is 0 Å². The topological polar surface area (TPSA) is 67.1 Å². The molecule has 1 aromatic rings. The Hall–Kier alpha value is -1.59. The molecule has 1 saturated carbocycles. The maximum absolute atomic E-state index is 4.37. The Kier molecular flexibility index (Phi) is 7.53. The molecule has 24 heavy (non-hydrogen) atoms. The second-order valence-electron chi connectivity index (χ2n) is 6.98. The summed E-state index contributed by atoms with van der Waals surface area (Å²) in [4.78, 5) is 4.37. The fourth-order valence-electron chi connectivity index (χ4n) is 3.64. The third kappa shape index (κ3) is 5.21. The van der Waals surface area contributed by atoms with Crippen molar-refractivity contribution in [3.63, 3.8) is 0 Å². The average molecular weight is 335 g/mol. The highest BCUT2D eigenvalue weighted by Gasteiger charge is 2.24. The van der Waals surface area contributed by atoms with Crippen LogP contribution in [0, 0.1) is 11.8 Å². The average Bonchev–Trinajstić information content (AvgIpc) is 3.08. The first kappa shape index (κ1) is 18.7. The molecule has 0 saturated heterocycles. The zero-order valence-electron chi connectivity index (χ0n) is 15.8. The summed E-state index contributed by atoms with van der Waals surface area (Å²) in [5.41, 5.74) is 0. The molecule has 2 atom stereocenters. The van der Waals surface area contributed by atoms with Crippen molar-refractivity contribution in [1.82, 2.24) is 25.4 Å². The second kappa shape index (κ2) is 9.64. The van der Waals surface area contributed by atoms with E-state index in [-0.39, 0.29) is 0 Å². The smallest absolute Gasteiger partial charge is 0.191 e. The van der Waals surface area contributed by atoms with Gasteiger partial charge in [0.25, 0.3) is 0 Å². The Labute approximate surface area is 146 Å². The van der Waals surface area contributed by atoms with E-state index in [0.29, 0.717) is 12.0 Å². The number of rotatable bonds is 7. The maximum Gasteiger partial charge on any atom is 0.191 e. The van der Waals surface area contributed by atoms with Crippen molar-refractivity contribution in [2.45, 2.75) is 71.9 Å². The van der Waals surface area contributed by atoms with E-state index in [0.717, 1.165) is 37.2 Å². The molecule has 2 rings (SSSR count). The van der Waals surface area contributed by atoms with Gasteiger partial charge in [0.05, 0.1) is 0 Å². The Balaban J connectivity index is 1.76. The zero-order valence-corrected chi connectivity index (χ0v) is 15.8. The molecule has 1 aromatic heterocycles. The molecule has 0 bridgehead atoms. The quantitative estimate of drug-likeness (QED) is 0.594. The van der Waals surface area contributed by atoms with E-state index in [1.54, 1.807) is 6.33 Å². The van der Waals surface area contributed by atoms with Crippen LogP contribution in [-0.4, -0.2) is 40.4 Å². The van der Waals surface area contributed by atoms with Gasteiger partial charge in [0.15, 0.2) is 5.96 Å². The number of aromatic nitrogens is 3. The Morgan fingerprint density at radius 3 is 2.75 bits per heavy atom. The molecule has 136 valence electrons. The van der Waals surface area contributed by atoms with Gasteiger partial charge in [-0.25, -0.2) is 0 Å². The van der Waals surface area contributed by atoms with E-state index >= 15 is 0 Å². The molecule has 0 spiro atoms. The molecule has 1 heterocycles. The summed E-state index contributed by atoms with van der Waals surface area (Å²) in [6, 6.07) is 0.431. The molecule has 1 fully saturated rings. The molecule has 2 N–H and O–H groups in total. The lowest BCUT2D eigenvalue weighted by atomic mass is 9.78. The third-order valence-electron chi connectivity index (χ3n) is 5.43. The van der Waals surface area contributed by atoms with E-state index in [1.807, 2.05) is 7.05 Å². The summed E-state index contributed by atoms with van der Waals surface area (Å²) in [7, 11) is 1.84. The highest BCUT2D eigenvalue weighted by atomic mass is 15.3. The van der Waals surface area contributed by atoms with Crippen LogP contribution in [0.5, 0.6) is 0 Å². The fourth-order valence-corrected chi connectivity index (χ4v) is 3.64. The van der Waals surface area contributed by atoms with Crippen LogP contribution in [0.2, 0.25) is 0 Å². The van der Waals surface area contributed by atoms with Crippen LogP contribution in [0.4, 0.5) is 0 Å². The number of aryl methyl sites for hydroxylation is 1. The van der Waals surface area contributed by atoms with Gasteiger partial charge in [-0.1, -0.05) is 46.0 Å². The largest absolute Gasteiger partial charge is 0.355 e. The monoisotopic (exact) mass is 334 g/mol. The van der Waals surface area contributed by atoms with Crippen LogP contribution in [0.25, 0.3) is 0 Å². The number of aliphatic imine (C=N–C) groups is 1. The first-order valence-corrected chi connectivity index (χ1v) is 9.49. The molecule has 6 nitrogen and oxygen atoms in total. The molecule has 0 amide bonds. The minimum absolute atomic E-state index is 0.431. The summed E-state index contributed by atoms with van der Waals surface area (Å²) < 4.78 is 2.09. The predicted molar refractivity (Wildman–Crippen MR) is 99.1 cm³/mol. The summed E-state index contributed by atoms with van der Waals surface area (Å²) in [6.07, 6.45) is 9.67. The molecular formula is C18H34N6. The number of hydrogen-bond donors (Lipinski definition) is 2. The first-order chi connectivity index (χ1) is 11.7. The van der Waals surface area contributed by atoms with Gasteiger partial charge in [0, 0.05) is 32.6 Å². The molecule has 1 aliphatic carbocycles. The van der Waals surface area contributed by atoms with Crippen LogP contribution < -0.4 is 10.6 Å². The molecular weight excluding hydrogens is 300 g/mol. The van der Waals surface area contributed by atoms with Crippen molar-refractivity contribution in [1.29, 1.82) is 0 Å². The van der Waals surface area contributed by atoms with Gasteiger partial charge < -0.3 is 15.2 Å². The zero-order chi connectivity index (χ0) is 17.4. The van der Waals surface area contributed by atoms with Crippen LogP contribution in [-0.2, 0) is 13.0 Å². The van der Waals surface area contributed by atoms with E-state index in [1.165, 1.54) is 32.1 Å². The van der Waals surface area contributed by atoms with Crippen LogP contribution >= 0.6 is 0 Å². The minimum atomic E-state index is 0.431. The summed E-state index contributed by atoms with van der Waals surface area (Å²) in [5, 5.41) is 15.1. The molecule has 2 unspecified atom stereocenters. The number of hydrogen-bond acceptors (Lipinski definition) is 3. The lowest BCUT2D eigenvalue weighted by molar-refractivity contribution is 0.229. The minimum Gasteiger partial charge on any atom is -0.355 e. The lowest BCUT2D eigenvalue weighted by Gasteiger charge is -2.32. The SMILES string of the molecule is CCc1nncn1CCNC(=NC)NC(C)C(C)C1CCCCC1. The Morgan fingerprint density at radius 1 is 1.33 bits per heavy atom. The summed E-state index contributed by atoms with van der Waals surface area (Å²) >= 11 is 0. The first-order valence-electron chi connectivity index (χ1n) is 9.49. The predicted octanol–water partition coefficient (Wildman–Crippen LogP) is 2.61. The number of guanidine groups is 1. The standard InChI is InChI=1S/C18H34N6/c1-5-17-23-21-13-24(17)12-11-20-18(19-4)22-15(3)14(2)16-9-7-6-8-10-16/h13-16H,5-12H2,1-4H3,(H2,19,20,22). The van der Waals surface area contributed by atoms with E-state index in [9.17, 15) is 0 Å². The van der Waals surface area contributed by atoms with Crippen LogP contribution in [0.3, 0.4) is 0 Å². The van der Waals surface area contributed by atoms with Crippen molar-refractivity contribution in [3.05, 3.63) is 12.2 Å². The van der Waals surface area contributed by atoms with Gasteiger partial charge in [0.1, 0.15) is 12.2 Å². The number of nitrogens with zero attached hydrogens (tertiary/aromatic N) is 4. The van der Waals surface area contributed by atoms with Gasteiger partial charge in [-0.05, 0) is 18.8 Å². The van der Waals surface area contributed by atoms with Crippen molar-refractivity contribution in [3.8, 4) is 0 Å². The molecule has 6 heteroatoms. The van der Waals surface area contributed by atoms with Crippen molar-refractivity contribution in [2.24, 2.45) is 16.8 Å². The fraction of sp³-hybridized carbons (Fsp3) is 0.833. The van der Waals surface area contributed by atoms with Crippen LogP contribution in [0.15, 0.2) is 11.3 Å². The second-order valence-corrected chi connectivity index (χ2v) is 6.98. The maximum atomic E-state index is 4.37. The molecule has 0 aliphatic heterocycles. The van der Waals surface area contributed by atoms with Crippen molar-refractivity contribution >= 4 is 5.96 Å². The Morgan fingerprint density at radius 2 is 2.08 bits per heavy atom. The summed E-state index contributed by atoms with van der Waals surface area (Å²) in [5.74, 6) is 3.44. The number of nitrogens with one attached hydrogen (secondary N) is 2. The van der Waals surface area contributed by atoms with E-state index in [2.05, 4.69) is 51.2 Å². The van der Waals surface area contributed by atoms with Crippen LogP contribution in [0.1, 0.15) is 58.7 Å². The highest BCUT2D eigenvalue weighted by molar-refractivity contribution is 5.79. The molecule has 0 aromatic carbocycles. The van der Waals surface area contributed by atoms with Crippen molar-refractivity contribution in [2.75, 3.05) is 13.6 Å². The van der Waals surface area contributed by atoms with E-state index in [4.69, 9.17) is 0 Å². The molecule has 0 radical (unpaired) electrons. The van der Waals surface area contributed by atoms with Gasteiger partial charge in [-0.15, -0.1) is 10.2 Å². The Bertz CT molecular complexity index is 503. The van der Waals surface area contributed by atoms with Gasteiger partial charge in [0.2, 0.25) is 0 Å². The molecule has 1 aliphatic rings. The normalized spacial score (nSPS) is 19.1. The third-order valence-corrected chi connectivity index (χ3v) is 5.43. The van der Waals surface area contributed by atoms with Gasteiger partial charge in [-0.3, -0.25) is 4.99 Å².